The maximum absolute atomic E-state index is 3.44. The molecule has 1 heterocycles. The van der Waals surface area contributed by atoms with E-state index in [1.54, 1.807) is 0 Å². The van der Waals surface area contributed by atoms with E-state index in [1.807, 2.05) is 0 Å². The molecule has 24 heavy (non-hydrogen) atoms. The van der Waals surface area contributed by atoms with Crippen molar-refractivity contribution in [3.63, 3.8) is 0 Å². The van der Waals surface area contributed by atoms with Crippen LogP contribution in [0.15, 0.2) is 42.5 Å². The second kappa shape index (κ2) is 10.0. The van der Waals surface area contributed by atoms with Gasteiger partial charge < -0.3 is 5.32 Å². The quantitative estimate of drug-likeness (QED) is 0.581. The van der Waals surface area contributed by atoms with Crippen molar-refractivity contribution in [3.05, 3.63) is 48.0 Å². The maximum atomic E-state index is 3.44. The van der Waals surface area contributed by atoms with Crippen LogP contribution < -0.4 is 5.32 Å². The second-order valence-electron chi connectivity index (χ2n) is 6.03. The Morgan fingerprint density at radius 1 is 1.00 bits per heavy atom. The Kier molecular flexibility index (Phi) is 7.41. The van der Waals surface area contributed by atoms with Crippen molar-refractivity contribution in [3.8, 4) is 11.8 Å². The first-order chi connectivity index (χ1) is 11.9. The van der Waals surface area contributed by atoms with Crippen molar-refractivity contribution < 1.29 is 0 Å². The summed E-state index contributed by atoms with van der Waals surface area (Å²) in [6.07, 6.45) is 4.71. The predicted octanol–water partition coefficient (Wildman–Crippen LogP) is 4.95. The largest absolute Gasteiger partial charge is 0.306 e. The fourth-order valence-corrected chi connectivity index (χ4v) is 5.68. The van der Waals surface area contributed by atoms with E-state index < -0.39 is 0 Å². The van der Waals surface area contributed by atoms with Gasteiger partial charge in [0.05, 0.1) is 11.1 Å². The highest BCUT2D eigenvalue weighted by molar-refractivity contribution is 8.17. The molecule has 0 saturated carbocycles. The van der Waals surface area contributed by atoms with Crippen molar-refractivity contribution in [1.82, 2.24) is 5.32 Å². The maximum Gasteiger partial charge on any atom is 0.0576 e. The lowest BCUT2D eigenvalue weighted by atomic mass is 10.1. The van der Waals surface area contributed by atoms with Gasteiger partial charge in [0.15, 0.2) is 0 Å². The summed E-state index contributed by atoms with van der Waals surface area (Å²) in [4.78, 5) is 0. The van der Waals surface area contributed by atoms with Gasteiger partial charge in [-0.2, -0.15) is 0 Å². The highest BCUT2D eigenvalue weighted by Crippen LogP contribution is 2.33. The number of thioether (sulfide) groups is 2. The third-order valence-corrected chi connectivity index (χ3v) is 7.22. The van der Waals surface area contributed by atoms with Crippen molar-refractivity contribution in [1.29, 1.82) is 0 Å². The summed E-state index contributed by atoms with van der Waals surface area (Å²) in [7, 11) is 0. The average molecular weight is 356 g/mol. The van der Waals surface area contributed by atoms with Crippen LogP contribution in [0.5, 0.6) is 0 Å². The first-order valence-electron chi connectivity index (χ1n) is 8.79. The fraction of sp³-hybridized carbons (Fsp3) is 0.429. The van der Waals surface area contributed by atoms with Crippen LogP contribution >= 0.6 is 23.5 Å². The number of hydrogen-bond donors (Lipinski definition) is 1. The lowest BCUT2D eigenvalue weighted by molar-refractivity contribution is 0.753. The monoisotopic (exact) mass is 355 g/mol. The van der Waals surface area contributed by atoms with Crippen LogP contribution in [0.25, 0.3) is 10.8 Å². The first kappa shape index (κ1) is 17.7. The second-order valence-corrected chi connectivity index (χ2v) is 8.94. The van der Waals surface area contributed by atoms with Crippen LogP contribution in [-0.2, 0) is 6.42 Å². The third-order valence-electron chi connectivity index (χ3n) is 4.14. The van der Waals surface area contributed by atoms with E-state index in [0.29, 0.717) is 0 Å². The normalized spacial score (nSPS) is 15.2. The minimum absolute atomic E-state index is 0.786. The third kappa shape index (κ3) is 5.77. The molecule has 2 aromatic carbocycles. The van der Waals surface area contributed by atoms with Crippen LogP contribution in [0.1, 0.15) is 24.8 Å². The van der Waals surface area contributed by atoms with E-state index >= 15 is 0 Å². The van der Waals surface area contributed by atoms with Gasteiger partial charge >= 0.3 is 0 Å². The lowest BCUT2D eigenvalue weighted by Crippen LogP contribution is -2.17. The molecule has 0 atom stereocenters. The molecule has 3 rings (SSSR count). The summed E-state index contributed by atoms with van der Waals surface area (Å²) < 4.78 is 0.786. The van der Waals surface area contributed by atoms with Crippen LogP contribution in [0, 0.1) is 11.8 Å². The molecule has 0 bridgehead atoms. The Bertz CT molecular complexity index is 696. The van der Waals surface area contributed by atoms with Crippen molar-refractivity contribution in [2.45, 2.75) is 30.3 Å². The van der Waals surface area contributed by atoms with E-state index in [4.69, 9.17) is 0 Å². The number of nitrogens with one attached hydrogen (secondary N) is 1. The zero-order valence-electron chi connectivity index (χ0n) is 14.1. The van der Waals surface area contributed by atoms with Gasteiger partial charge in [-0.1, -0.05) is 48.4 Å². The van der Waals surface area contributed by atoms with Crippen molar-refractivity contribution in [2.75, 3.05) is 24.6 Å². The molecule has 1 saturated heterocycles. The number of hydrogen-bond acceptors (Lipinski definition) is 3. The Labute approximate surface area is 154 Å². The molecule has 0 radical (unpaired) electrons. The molecule has 3 heteroatoms. The zero-order chi connectivity index (χ0) is 16.5. The number of rotatable bonds is 6. The van der Waals surface area contributed by atoms with E-state index in [9.17, 15) is 0 Å². The lowest BCUT2D eigenvalue weighted by Gasteiger charge is -2.19. The van der Waals surface area contributed by atoms with Gasteiger partial charge in [0.1, 0.15) is 0 Å². The molecular formula is C21H25NS2. The van der Waals surface area contributed by atoms with Gasteiger partial charge in [-0.05, 0) is 47.1 Å². The van der Waals surface area contributed by atoms with Crippen molar-refractivity contribution >= 4 is 34.3 Å². The summed E-state index contributed by atoms with van der Waals surface area (Å²) in [5.41, 5.74) is 1.39. The number of benzene rings is 2. The smallest absolute Gasteiger partial charge is 0.0576 e. The van der Waals surface area contributed by atoms with E-state index in [1.165, 1.54) is 40.7 Å². The van der Waals surface area contributed by atoms with Crippen LogP contribution in [-0.4, -0.2) is 29.2 Å². The molecule has 1 aliphatic rings. The minimum atomic E-state index is 0.786. The van der Waals surface area contributed by atoms with E-state index in [2.05, 4.69) is 83.1 Å². The molecule has 0 spiro atoms. The summed E-state index contributed by atoms with van der Waals surface area (Å²) in [6, 6.07) is 15.3. The van der Waals surface area contributed by atoms with Gasteiger partial charge in [-0.3, -0.25) is 0 Å². The van der Waals surface area contributed by atoms with Gasteiger partial charge in [-0.25, -0.2) is 0 Å². The van der Waals surface area contributed by atoms with Gasteiger partial charge in [0, 0.05) is 13.0 Å². The van der Waals surface area contributed by atoms with Gasteiger partial charge in [-0.15, -0.1) is 29.4 Å². The molecule has 1 fully saturated rings. The molecule has 126 valence electrons. The van der Waals surface area contributed by atoms with Gasteiger partial charge in [0.2, 0.25) is 0 Å². The van der Waals surface area contributed by atoms with Crippen LogP contribution in [0.2, 0.25) is 0 Å². The molecule has 0 aliphatic carbocycles. The highest BCUT2D eigenvalue weighted by Gasteiger charge is 2.12. The molecule has 1 aliphatic heterocycles. The molecule has 1 nitrogen and oxygen atoms in total. The van der Waals surface area contributed by atoms with Gasteiger partial charge in [0.25, 0.3) is 0 Å². The summed E-state index contributed by atoms with van der Waals surface area (Å²) in [6.45, 7) is 1.79. The summed E-state index contributed by atoms with van der Waals surface area (Å²) >= 11 is 4.23. The number of fused-ring (bicyclic) bond motifs is 1. The molecule has 0 amide bonds. The molecule has 2 aromatic rings. The van der Waals surface area contributed by atoms with Crippen LogP contribution in [0.3, 0.4) is 0 Å². The zero-order valence-corrected chi connectivity index (χ0v) is 15.7. The van der Waals surface area contributed by atoms with Crippen molar-refractivity contribution in [2.24, 2.45) is 0 Å². The van der Waals surface area contributed by atoms with E-state index in [0.717, 1.165) is 30.5 Å². The van der Waals surface area contributed by atoms with E-state index in [-0.39, 0.29) is 0 Å². The Hall–Kier alpha value is -1.08. The molecule has 0 unspecified atom stereocenters. The Balaban J connectivity index is 1.31. The first-order valence-corrected chi connectivity index (χ1v) is 10.9. The molecule has 0 aromatic heterocycles. The highest BCUT2D eigenvalue weighted by atomic mass is 32.2. The standard InChI is InChI=1S/C21H25NS2/c1(2-9-21-23-15-6-16-24-21)5-13-22-14-12-18-10-11-19-7-3-4-8-20(19)17-18/h3-4,7-8,10-11,17,21-22H,2,6,9,12-16H2. The average Bonchev–Trinajstić information content (AvgIpc) is 2.64. The SMILES string of the molecule is C(#CCNCCc1ccc2ccccc2c1)CCC1SCCCS1. The Morgan fingerprint density at radius 3 is 2.71 bits per heavy atom. The molecular weight excluding hydrogens is 330 g/mol. The summed E-state index contributed by atoms with van der Waals surface area (Å²) in [5.74, 6) is 9.25. The Morgan fingerprint density at radius 2 is 1.83 bits per heavy atom. The molecule has 1 N–H and O–H groups in total. The predicted molar refractivity (Wildman–Crippen MR) is 111 cm³/mol. The topological polar surface area (TPSA) is 12.0 Å². The minimum Gasteiger partial charge on any atom is -0.306 e. The fourth-order valence-electron chi connectivity index (χ4n) is 2.82. The van der Waals surface area contributed by atoms with Crippen LogP contribution in [0.4, 0.5) is 0 Å². The summed E-state index contributed by atoms with van der Waals surface area (Å²) in [5, 5.41) is 6.08.